The molecule has 0 saturated carbocycles. The first-order valence-electron chi connectivity index (χ1n) is 4.89. The minimum absolute atomic E-state index is 0.0152. The molecule has 0 aliphatic rings. The van der Waals surface area contributed by atoms with Crippen molar-refractivity contribution in [1.29, 1.82) is 0 Å². The molecule has 17 heavy (non-hydrogen) atoms. The number of hydrogen-bond donors (Lipinski definition) is 0. The Labute approximate surface area is 97.3 Å². The zero-order valence-corrected chi connectivity index (χ0v) is 9.21. The summed E-state index contributed by atoms with van der Waals surface area (Å²) in [6, 6.07) is 5.65. The molecule has 6 nitrogen and oxygen atoms in total. The van der Waals surface area contributed by atoms with Gasteiger partial charge >= 0.3 is 5.97 Å². The van der Waals surface area contributed by atoms with Gasteiger partial charge in [0.05, 0.1) is 24.0 Å². The number of Topliss-reactive ketones (excluding diaryl/α,β-unsaturated/α-hetero) is 1. The number of nitro groups is 1. The number of ketones is 1. The van der Waals surface area contributed by atoms with Crippen LogP contribution in [-0.4, -0.2) is 23.8 Å². The van der Waals surface area contributed by atoms with E-state index in [1.165, 1.54) is 25.3 Å². The van der Waals surface area contributed by atoms with Crippen molar-refractivity contribution in [3.63, 3.8) is 0 Å². The predicted octanol–water partition coefficient (Wildman–Crippen LogP) is 1.73. The zero-order chi connectivity index (χ0) is 12.8. The lowest BCUT2D eigenvalue weighted by Crippen LogP contribution is -2.08. The number of carbonyl (C=O) groups is 2. The molecule has 0 spiro atoms. The lowest BCUT2D eigenvalue weighted by molar-refractivity contribution is -0.385. The highest BCUT2D eigenvalue weighted by molar-refractivity contribution is 6.00. The number of rotatable bonds is 5. The van der Waals surface area contributed by atoms with Crippen LogP contribution in [0.15, 0.2) is 24.3 Å². The largest absolute Gasteiger partial charge is 0.469 e. The normalized spacial score (nSPS) is 9.71. The van der Waals surface area contributed by atoms with Crippen LogP contribution >= 0.6 is 0 Å². The van der Waals surface area contributed by atoms with Crippen molar-refractivity contribution in [3.8, 4) is 0 Å². The number of hydrogen-bond acceptors (Lipinski definition) is 5. The maximum Gasteiger partial charge on any atom is 0.305 e. The quantitative estimate of drug-likeness (QED) is 0.337. The summed E-state index contributed by atoms with van der Waals surface area (Å²) in [5.74, 6) is -0.959. The summed E-state index contributed by atoms with van der Waals surface area (Å²) in [4.78, 5) is 32.6. The van der Waals surface area contributed by atoms with Crippen LogP contribution in [0.4, 0.5) is 5.69 Å². The third-order valence-corrected chi connectivity index (χ3v) is 2.19. The van der Waals surface area contributed by atoms with E-state index in [1.807, 2.05) is 0 Å². The van der Waals surface area contributed by atoms with Crippen LogP contribution in [0.1, 0.15) is 23.2 Å². The average Bonchev–Trinajstić information content (AvgIpc) is 2.35. The summed E-state index contributed by atoms with van der Waals surface area (Å²) in [6.45, 7) is 0. The van der Waals surface area contributed by atoms with Crippen molar-refractivity contribution in [1.82, 2.24) is 0 Å². The summed E-state index contributed by atoms with van der Waals surface area (Å²) in [6.07, 6.45) is -0.182. The van der Waals surface area contributed by atoms with Gasteiger partial charge in [-0.15, -0.1) is 0 Å². The molecule has 1 aromatic rings. The van der Waals surface area contributed by atoms with E-state index < -0.39 is 16.7 Å². The van der Waals surface area contributed by atoms with E-state index >= 15 is 0 Å². The molecule has 0 bridgehead atoms. The second-order valence-electron chi connectivity index (χ2n) is 3.27. The monoisotopic (exact) mass is 237 g/mol. The Hall–Kier alpha value is -2.24. The van der Waals surface area contributed by atoms with E-state index in [0.717, 1.165) is 0 Å². The average molecular weight is 237 g/mol. The molecule has 0 aliphatic carbocycles. The minimum atomic E-state index is -0.620. The van der Waals surface area contributed by atoms with Crippen LogP contribution < -0.4 is 0 Å². The van der Waals surface area contributed by atoms with Gasteiger partial charge in [-0.3, -0.25) is 19.7 Å². The molecule has 0 radical (unpaired) electrons. The van der Waals surface area contributed by atoms with Crippen LogP contribution in [0.3, 0.4) is 0 Å². The van der Waals surface area contributed by atoms with E-state index in [0.29, 0.717) is 0 Å². The Balaban J connectivity index is 2.82. The number of esters is 1. The number of ether oxygens (including phenoxy) is 1. The van der Waals surface area contributed by atoms with E-state index in [-0.39, 0.29) is 24.1 Å². The van der Waals surface area contributed by atoms with E-state index in [2.05, 4.69) is 4.74 Å². The number of nitrogens with zero attached hydrogens (tertiary/aromatic N) is 1. The lowest BCUT2D eigenvalue weighted by atomic mass is 10.0. The zero-order valence-electron chi connectivity index (χ0n) is 9.21. The van der Waals surface area contributed by atoms with Crippen LogP contribution in [-0.2, 0) is 9.53 Å². The van der Waals surface area contributed by atoms with Gasteiger partial charge < -0.3 is 4.74 Å². The van der Waals surface area contributed by atoms with Crippen molar-refractivity contribution in [2.45, 2.75) is 12.8 Å². The highest BCUT2D eigenvalue weighted by Gasteiger charge is 2.19. The molecule has 0 atom stereocenters. The number of carbonyl (C=O) groups excluding carboxylic acids is 2. The van der Waals surface area contributed by atoms with E-state index in [1.54, 1.807) is 6.07 Å². The summed E-state index contributed by atoms with van der Waals surface area (Å²) in [5.41, 5.74) is -0.233. The molecule has 90 valence electrons. The van der Waals surface area contributed by atoms with Gasteiger partial charge in [0.1, 0.15) is 0 Å². The molecule has 1 aromatic carbocycles. The van der Waals surface area contributed by atoms with Gasteiger partial charge in [0.15, 0.2) is 5.78 Å². The van der Waals surface area contributed by atoms with Gasteiger partial charge in [0.2, 0.25) is 0 Å². The summed E-state index contributed by atoms with van der Waals surface area (Å²) >= 11 is 0. The molecule has 0 unspecified atom stereocenters. The molecule has 0 heterocycles. The highest BCUT2D eigenvalue weighted by atomic mass is 16.6. The molecule has 0 N–H and O–H groups in total. The SMILES string of the molecule is COC(=O)CCC(=O)c1ccccc1[N+](=O)[O-]. The molecule has 0 fully saturated rings. The van der Waals surface area contributed by atoms with Gasteiger partial charge in [-0.2, -0.15) is 0 Å². The van der Waals surface area contributed by atoms with Gasteiger partial charge in [-0.05, 0) is 6.07 Å². The van der Waals surface area contributed by atoms with Crippen molar-refractivity contribution in [2.75, 3.05) is 7.11 Å². The van der Waals surface area contributed by atoms with Crippen LogP contribution in [0.2, 0.25) is 0 Å². The first-order valence-corrected chi connectivity index (χ1v) is 4.89. The molecular weight excluding hydrogens is 226 g/mol. The fourth-order valence-corrected chi connectivity index (χ4v) is 1.32. The van der Waals surface area contributed by atoms with Crippen LogP contribution in [0, 0.1) is 10.1 Å². The lowest BCUT2D eigenvalue weighted by Gasteiger charge is -2.01. The highest BCUT2D eigenvalue weighted by Crippen LogP contribution is 2.19. The third kappa shape index (κ3) is 3.37. The summed E-state index contributed by atoms with van der Waals surface area (Å²) < 4.78 is 4.39. The van der Waals surface area contributed by atoms with Crippen molar-refractivity contribution >= 4 is 17.4 Å². The Kier molecular flexibility index (Phi) is 4.33. The van der Waals surface area contributed by atoms with Gasteiger partial charge in [0, 0.05) is 12.5 Å². The Bertz CT molecular complexity index is 455. The minimum Gasteiger partial charge on any atom is -0.469 e. The number of nitro benzene ring substituents is 1. The first kappa shape index (κ1) is 12.8. The van der Waals surface area contributed by atoms with E-state index in [9.17, 15) is 19.7 Å². The number of para-hydroxylation sites is 1. The molecule has 1 rings (SSSR count). The second kappa shape index (κ2) is 5.74. The maximum atomic E-state index is 11.7. The number of benzene rings is 1. The Morgan fingerprint density at radius 2 is 1.94 bits per heavy atom. The van der Waals surface area contributed by atoms with Gasteiger partial charge in [-0.1, -0.05) is 12.1 Å². The molecular formula is C11H11NO5. The third-order valence-electron chi connectivity index (χ3n) is 2.19. The fraction of sp³-hybridized carbons (Fsp3) is 0.273. The summed E-state index contributed by atoms with van der Waals surface area (Å²) in [7, 11) is 1.22. The van der Waals surface area contributed by atoms with Crippen molar-refractivity contribution in [2.24, 2.45) is 0 Å². The molecule has 6 heteroatoms. The molecule has 0 saturated heterocycles. The van der Waals surface area contributed by atoms with E-state index in [4.69, 9.17) is 0 Å². The van der Waals surface area contributed by atoms with Crippen LogP contribution in [0.25, 0.3) is 0 Å². The predicted molar refractivity (Wildman–Crippen MR) is 58.7 cm³/mol. The smallest absolute Gasteiger partial charge is 0.305 e. The molecule has 0 amide bonds. The fourth-order valence-electron chi connectivity index (χ4n) is 1.32. The molecule has 0 aliphatic heterocycles. The second-order valence-corrected chi connectivity index (χ2v) is 3.27. The number of methoxy groups -OCH3 is 1. The maximum absolute atomic E-state index is 11.7. The van der Waals surface area contributed by atoms with Crippen LogP contribution in [0.5, 0.6) is 0 Å². The Morgan fingerprint density at radius 1 is 1.29 bits per heavy atom. The first-order chi connectivity index (χ1) is 8.06. The molecule has 0 aromatic heterocycles. The summed E-state index contributed by atoms with van der Waals surface area (Å²) in [5, 5.41) is 10.7. The van der Waals surface area contributed by atoms with Crippen molar-refractivity contribution < 1.29 is 19.2 Å². The van der Waals surface area contributed by atoms with Gasteiger partial charge in [0.25, 0.3) is 5.69 Å². The van der Waals surface area contributed by atoms with Gasteiger partial charge in [-0.25, -0.2) is 0 Å². The topological polar surface area (TPSA) is 86.5 Å². The standard InChI is InChI=1S/C11H11NO5/c1-17-11(14)7-6-10(13)8-4-2-3-5-9(8)12(15)16/h2-5H,6-7H2,1H3. The Morgan fingerprint density at radius 3 is 2.53 bits per heavy atom. The van der Waals surface area contributed by atoms with Crippen molar-refractivity contribution in [3.05, 3.63) is 39.9 Å².